The predicted molar refractivity (Wildman–Crippen MR) is 115 cm³/mol. The van der Waals surface area contributed by atoms with Gasteiger partial charge in [-0.2, -0.15) is 0 Å². The van der Waals surface area contributed by atoms with Gasteiger partial charge in [-0.05, 0) is 48.7 Å². The molecule has 0 bridgehead atoms. The number of piperidine rings is 1. The van der Waals surface area contributed by atoms with Gasteiger partial charge < -0.3 is 9.30 Å². The summed E-state index contributed by atoms with van der Waals surface area (Å²) in [5.74, 6) is -0.109. The molecule has 1 aliphatic rings. The molecule has 1 fully saturated rings. The van der Waals surface area contributed by atoms with Gasteiger partial charge >= 0.3 is 0 Å². The highest BCUT2D eigenvalue weighted by atomic mass is 19.1. The van der Waals surface area contributed by atoms with Crippen LogP contribution in [0.1, 0.15) is 28.8 Å². The van der Waals surface area contributed by atoms with Crippen LogP contribution in [0.2, 0.25) is 0 Å². The number of nitrogens with zero attached hydrogens (tertiary/aromatic N) is 5. The van der Waals surface area contributed by atoms with Crippen molar-refractivity contribution in [3.8, 4) is 11.3 Å². The van der Waals surface area contributed by atoms with E-state index in [1.807, 2.05) is 41.1 Å². The average Bonchev–Trinajstić information content (AvgIpc) is 3.27. The van der Waals surface area contributed by atoms with Crippen molar-refractivity contribution in [2.24, 2.45) is 0 Å². The number of halogens is 1. The van der Waals surface area contributed by atoms with E-state index in [1.54, 1.807) is 41.8 Å². The molecule has 6 nitrogen and oxygen atoms in total. The minimum atomic E-state index is -1.33. The molecule has 0 aliphatic carbocycles. The fourth-order valence-corrected chi connectivity index (χ4v) is 4.21. The van der Waals surface area contributed by atoms with Gasteiger partial charge in [0.2, 0.25) is 0 Å². The topological polar surface area (TPSA) is 63.4 Å². The number of hydrogen-bond donors (Lipinski definition) is 0. The van der Waals surface area contributed by atoms with Crippen LogP contribution in [-0.4, -0.2) is 48.9 Å². The summed E-state index contributed by atoms with van der Waals surface area (Å²) in [4.78, 5) is 27.6. The molecule has 1 aliphatic heterocycles. The van der Waals surface area contributed by atoms with E-state index in [0.717, 1.165) is 16.8 Å². The van der Waals surface area contributed by atoms with Gasteiger partial charge in [-0.1, -0.05) is 6.07 Å². The summed E-state index contributed by atoms with van der Waals surface area (Å²) in [7, 11) is 0. The molecule has 0 atom stereocenters. The van der Waals surface area contributed by atoms with Gasteiger partial charge in [0, 0.05) is 62.3 Å². The van der Waals surface area contributed by atoms with Gasteiger partial charge in [-0.25, -0.2) is 9.37 Å². The number of fused-ring (bicyclic) bond motifs is 1. The van der Waals surface area contributed by atoms with E-state index in [1.165, 1.54) is 0 Å². The fraction of sp³-hybridized carbons (Fsp3) is 0.250. The Morgan fingerprint density at radius 1 is 1.00 bits per heavy atom. The molecule has 0 N–H and O–H groups in total. The number of pyridine rings is 3. The Labute approximate surface area is 179 Å². The standard InChI is InChI=1S/C24H22FN5O/c25-24(16-18-3-4-21-27-12-15-30(21)17-18)7-13-29(14-8-24)23(31)20-2-1-9-28-22(20)19-5-10-26-11-6-19/h1-6,9-12,15,17H,7-8,13-14,16H2. The van der Waals surface area contributed by atoms with Gasteiger partial charge in [0.1, 0.15) is 11.3 Å². The average molecular weight is 415 g/mol. The molecule has 0 unspecified atom stereocenters. The third kappa shape index (κ3) is 3.91. The van der Waals surface area contributed by atoms with Crippen molar-refractivity contribution in [3.63, 3.8) is 0 Å². The van der Waals surface area contributed by atoms with Crippen molar-refractivity contribution in [1.82, 2.24) is 24.3 Å². The van der Waals surface area contributed by atoms with Crippen LogP contribution >= 0.6 is 0 Å². The maximum absolute atomic E-state index is 15.6. The van der Waals surface area contributed by atoms with Crippen LogP contribution in [0.3, 0.4) is 0 Å². The molecular weight excluding hydrogens is 393 g/mol. The van der Waals surface area contributed by atoms with E-state index in [-0.39, 0.29) is 5.91 Å². The normalized spacial score (nSPS) is 15.8. The van der Waals surface area contributed by atoms with Gasteiger partial charge in [0.05, 0.1) is 11.3 Å². The Morgan fingerprint density at radius 3 is 2.61 bits per heavy atom. The first-order valence-corrected chi connectivity index (χ1v) is 10.4. The van der Waals surface area contributed by atoms with Crippen LogP contribution in [0.15, 0.2) is 73.6 Å². The molecule has 5 heterocycles. The number of likely N-dealkylation sites (tertiary alicyclic amines) is 1. The van der Waals surface area contributed by atoms with Crippen molar-refractivity contribution in [2.45, 2.75) is 24.9 Å². The first kappa shape index (κ1) is 19.4. The minimum Gasteiger partial charge on any atom is -0.338 e. The number of aromatic nitrogens is 4. The van der Waals surface area contributed by atoms with E-state index in [2.05, 4.69) is 15.0 Å². The van der Waals surface area contributed by atoms with Gasteiger partial charge in [-0.3, -0.25) is 14.8 Å². The molecule has 0 aromatic carbocycles. The number of amides is 1. The summed E-state index contributed by atoms with van der Waals surface area (Å²) in [6.45, 7) is 0.765. The Bertz CT molecular complexity index is 1210. The van der Waals surface area contributed by atoms with Crippen molar-refractivity contribution in [2.75, 3.05) is 13.1 Å². The van der Waals surface area contributed by atoms with Crippen LogP contribution < -0.4 is 0 Å². The number of imidazole rings is 1. The van der Waals surface area contributed by atoms with Crippen LogP contribution in [-0.2, 0) is 6.42 Å². The van der Waals surface area contributed by atoms with Crippen molar-refractivity contribution < 1.29 is 9.18 Å². The molecule has 7 heteroatoms. The number of alkyl halides is 1. The fourth-order valence-electron chi connectivity index (χ4n) is 4.21. The summed E-state index contributed by atoms with van der Waals surface area (Å²) < 4.78 is 17.5. The molecular formula is C24H22FN5O. The zero-order chi connectivity index (χ0) is 21.3. The first-order valence-electron chi connectivity index (χ1n) is 10.4. The third-order valence-corrected chi connectivity index (χ3v) is 5.91. The van der Waals surface area contributed by atoms with Crippen LogP contribution in [0, 0.1) is 0 Å². The highest BCUT2D eigenvalue weighted by Crippen LogP contribution is 2.32. The summed E-state index contributed by atoms with van der Waals surface area (Å²) in [5, 5.41) is 0. The maximum atomic E-state index is 15.6. The summed E-state index contributed by atoms with van der Waals surface area (Å²) in [6.07, 6.45) is 11.5. The predicted octanol–water partition coefficient (Wildman–Crippen LogP) is 3.98. The second-order valence-electron chi connectivity index (χ2n) is 7.99. The molecule has 156 valence electrons. The van der Waals surface area contributed by atoms with Crippen molar-refractivity contribution in [1.29, 1.82) is 0 Å². The van der Waals surface area contributed by atoms with Crippen LogP contribution in [0.5, 0.6) is 0 Å². The highest BCUT2D eigenvalue weighted by Gasteiger charge is 2.36. The van der Waals surface area contributed by atoms with Gasteiger partial charge in [-0.15, -0.1) is 0 Å². The largest absolute Gasteiger partial charge is 0.338 e. The summed E-state index contributed by atoms with van der Waals surface area (Å²) in [5.41, 5.74) is 2.45. The second-order valence-corrected chi connectivity index (χ2v) is 7.99. The van der Waals surface area contributed by atoms with E-state index in [4.69, 9.17) is 0 Å². The lowest BCUT2D eigenvalue weighted by Gasteiger charge is -2.36. The van der Waals surface area contributed by atoms with Crippen LogP contribution in [0.25, 0.3) is 16.9 Å². The molecule has 0 saturated carbocycles. The third-order valence-electron chi connectivity index (χ3n) is 5.91. The molecule has 5 rings (SSSR count). The van der Waals surface area contributed by atoms with E-state index < -0.39 is 5.67 Å². The van der Waals surface area contributed by atoms with E-state index in [0.29, 0.717) is 43.6 Å². The number of hydrogen-bond acceptors (Lipinski definition) is 4. The molecule has 4 aromatic heterocycles. The van der Waals surface area contributed by atoms with Crippen LogP contribution in [0.4, 0.5) is 4.39 Å². The SMILES string of the molecule is O=C(c1cccnc1-c1ccncc1)N1CCC(F)(Cc2ccc3nccn3c2)CC1. The van der Waals surface area contributed by atoms with Gasteiger partial charge in [0.25, 0.3) is 5.91 Å². The highest BCUT2D eigenvalue weighted by molar-refractivity contribution is 5.99. The monoisotopic (exact) mass is 415 g/mol. The summed E-state index contributed by atoms with van der Waals surface area (Å²) >= 11 is 0. The maximum Gasteiger partial charge on any atom is 0.256 e. The van der Waals surface area contributed by atoms with E-state index >= 15 is 4.39 Å². The lowest BCUT2D eigenvalue weighted by atomic mass is 9.87. The summed E-state index contributed by atoms with van der Waals surface area (Å²) in [6, 6.07) is 11.0. The van der Waals surface area contributed by atoms with Crippen molar-refractivity contribution >= 4 is 11.6 Å². The lowest BCUT2D eigenvalue weighted by Crippen LogP contribution is -2.45. The minimum absolute atomic E-state index is 0.109. The van der Waals surface area contributed by atoms with Gasteiger partial charge in [0.15, 0.2) is 0 Å². The Balaban J connectivity index is 1.30. The quantitative estimate of drug-likeness (QED) is 0.506. The lowest BCUT2D eigenvalue weighted by molar-refractivity contribution is 0.0437. The molecule has 0 radical (unpaired) electrons. The Kier molecular flexibility index (Phi) is 4.94. The molecule has 0 spiro atoms. The Hall–Kier alpha value is -3.61. The molecule has 31 heavy (non-hydrogen) atoms. The number of carbonyl (C=O) groups is 1. The van der Waals surface area contributed by atoms with E-state index in [9.17, 15) is 4.79 Å². The zero-order valence-electron chi connectivity index (χ0n) is 17.0. The number of carbonyl (C=O) groups excluding carboxylic acids is 1. The second kappa shape index (κ2) is 7.91. The zero-order valence-corrected chi connectivity index (χ0v) is 17.0. The van der Waals surface area contributed by atoms with Crippen molar-refractivity contribution in [3.05, 3.63) is 84.7 Å². The Morgan fingerprint density at radius 2 is 1.81 bits per heavy atom. The smallest absolute Gasteiger partial charge is 0.256 e. The first-order chi connectivity index (χ1) is 15.1. The molecule has 4 aromatic rings. The molecule has 1 saturated heterocycles. The molecule has 1 amide bonds. The number of rotatable bonds is 4.